The number of hydrogen-bond donors (Lipinski definition) is 0. The van der Waals surface area contributed by atoms with E-state index in [4.69, 9.17) is 4.42 Å². The molecular weight excluding hydrogens is 1010 g/mol. The SMILES string of the molecule is CC(C)(C)c1ccc2c(c1)c1cc(C(C)(C)C)ccc1n2-c1c(C#N)ccc2c1oc1c(-c3ccccn3)[c-]cc(C(C)(C)C)c12.Cc1cc(-c2[c-]ccc(C(C)(C)C)c2)ncc1C(C)(C)C.[Ir]. The summed E-state index contributed by atoms with van der Waals surface area (Å²) in [7, 11) is 0. The largest absolute Gasteiger partial charge is 0.498 e. The van der Waals surface area contributed by atoms with Gasteiger partial charge >= 0.3 is 0 Å². The number of benzene rings is 5. The Balaban J connectivity index is 0.000000262. The Morgan fingerprint density at radius 1 is 0.574 bits per heavy atom. The second kappa shape index (κ2) is 17.9. The van der Waals surface area contributed by atoms with Gasteiger partial charge in [0.1, 0.15) is 17.3 Å². The van der Waals surface area contributed by atoms with E-state index in [0.717, 1.165) is 61.2 Å². The molecule has 0 saturated carbocycles. The normalized spacial score (nSPS) is 12.6. The number of aryl methyl sites for hydroxylation is 1. The summed E-state index contributed by atoms with van der Waals surface area (Å²) in [4.78, 5) is 9.32. The molecule has 9 aromatic rings. The standard InChI is InChI=1S/C42H40N3O.C20H26N.Ir/c1-40(2,3)26-14-19-34-30(22-26)31-23-27(41(4,5)6)15-20-35(31)45(34)37-25(24-43)13-16-29-36-32(42(7,8)9)18-17-28(38(36)46-39(29)37)33-12-10-11-21-44-33;1-14-11-18(21-13-17(14)20(5,6)7)15-9-8-10-16(12-15)19(2,3)4;/h10-16,18-23H,1-9H3;8,10-13H,1-7H3;/q2*-1;. The first kappa shape index (κ1) is 50.0. The molecule has 0 amide bonds. The minimum Gasteiger partial charge on any atom is -0.498 e. The van der Waals surface area contributed by atoms with Crippen molar-refractivity contribution in [2.75, 3.05) is 0 Å². The maximum Gasteiger partial charge on any atom is 0.146 e. The van der Waals surface area contributed by atoms with Crippen molar-refractivity contribution in [3.05, 3.63) is 161 Å². The number of rotatable bonds is 3. The molecule has 4 aromatic heterocycles. The van der Waals surface area contributed by atoms with Crippen LogP contribution < -0.4 is 0 Å². The van der Waals surface area contributed by atoms with Gasteiger partial charge in [-0.25, -0.2) is 0 Å². The van der Waals surface area contributed by atoms with Crippen LogP contribution in [-0.4, -0.2) is 14.5 Å². The molecule has 5 nitrogen and oxygen atoms in total. The van der Waals surface area contributed by atoms with Gasteiger partial charge < -0.3 is 19.0 Å². The van der Waals surface area contributed by atoms with Gasteiger partial charge in [-0.3, -0.25) is 0 Å². The Kier molecular flexibility index (Phi) is 13.2. The second-order valence-corrected chi connectivity index (χ2v) is 23.5. The molecule has 0 saturated heterocycles. The fraction of sp³-hybridized carbons (Fsp3) is 0.339. The van der Waals surface area contributed by atoms with Gasteiger partial charge in [-0.2, -0.15) is 5.26 Å². The molecule has 0 atom stereocenters. The summed E-state index contributed by atoms with van der Waals surface area (Å²) in [6.45, 7) is 35.7. The molecule has 5 aromatic carbocycles. The zero-order valence-electron chi connectivity index (χ0n) is 42.9. The van der Waals surface area contributed by atoms with Gasteiger partial charge in [0.05, 0.1) is 22.2 Å². The van der Waals surface area contributed by atoms with E-state index < -0.39 is 0 Å². The number of nitrogens with zero attached hydrogens (tertiary/aromatic N) is 4. The average molecular weight is 1080 g/mol. The van der Waals surface area contributed by atoms with E-state index in [0.29, 0.717) is 11.1 Å². The summed E-state index contributed by atoms with van der Waals surface area (Å²) in [5.41, 5.74) is 16.2. The summed E-state index contributed by atoms with van der Waals surface area (Å²) in [5.74, 6) is 0. The summed E-state index contributed by atoms with van der Waals surface area (Å²) < 4.78 is 9.23. The number of pyridine rings is 2. The van der Waals surface area contributed by atoms with E-state index >= 15 is 0 Å². The number of aromatic nitrogens is 3. The van der Waals surface area contributed by atoms with E-state index in [1.807, 2.05) is 42.6 Å². The average Bonchev–Trinajstić information content (AvgIpc) is 3.80. The predicted octanol–water partition coefficient (Wildman–Crippen LogP) is 16.8. The smallest absolute Gasteiger partial charge is 0.146 e. The molecule has 0 bridgehead atoms. The van der Waals surface area contributed by atoms with E-state index in [1.54, 1.807) is 6.20 Å². The zero-order chi connectivity index (χ0) is 48.6. The fourth-order valence-corrected chi connectivity index (χ4v) is 9.24. The van der Waals surface area contributed by atoms with Crippen molar-refractivity contribution < 1.29 is 24.5 Å². The van der Waals surface area contributed by atoms with Crippen LogP contribution in [0.3, 0.4) is 0 Å². The van der Waals surface area contributed by atoms with E-state index in [1.165, 1.54) is 38.6 Å². The number of furan rings is 1. The molecule has 0 N–H and O–H groups in total. The van der Waals surface area contributed by atoms with Gasteiger partial charge in [-0.15, -0.1) is 53.1 Å². The molecule has 0 aliphatic carbocycles. The van der Waals surface area contributed by atoms with Crippen LogP contribution in [0.4, 0.5) is 0 Å². The minimum atomic E-state index is -0.165. The van der Waals surface area contributed by atoms with Crippen molar-refractivity contribution in [1.82, 2.24) is 14.5 Å². The molecule has 351 valence electrons. The molecule has 68 heavy (non-hydrogen) atoms. The van der Waals surface area contributed by atoms with Gasteiger partial charge in [-0.05, 0) is 98.5 Å². The van der Waals surface area contributed by atoms with Crippen molar-refractivity contribution >= 4 is 43.7 Å². The Bertz CT molecular complexity index is 3310. The van der Waals surface area contributed by atoms with Crippen molar-refractivity contribution in [1.29, 1.82) is 5.26 Å². The summed E-state index contributed by atoms with van der Waals surface area (Å²) in [6.07, 6.45) is 3.81. The first-order valence-electron chi connectivity index (χ1n) is 23.6. The topological polar surface area (TPSA) is 67.6 Å². The summed E-state index contributed by atoms with van der Waals surface area (Å²) in [6, 6.07) is 43.4. The Hall–Kier alpha value is -5.86. The van der Waals surface area contributed by atoms with Crippen LogP contribution in [0.2, 0.25) is 0 Å². The maximum absolute atomic E-state index is 10.6. The Labute approximate surface area is 418 Å². The van der Waals surface area contributed by atoms with Crippen LogP contribution in [0.25, 0.3) is 71.9 Å². The van der Waals surface area contributed by atoms with Crippen molar-refractivity contribution in [2.45, 2.75) is 138 Å². The fourth-order valence-electron chi connectivity index (χ4n) is 9.24. The molecule has 4 heterocycles. The van der Waals surface area contributed by atoms with Gasteiger partial charge in [0.25, 0.3) is 0 Å². The minimum absolute atomic E-state index is 0. The summed E-state index contributed by atoms with van der Waals surface area (Å²) >= 11 is 0. The number of fused-ring (bicyclic) bond motifs is 6. The van der Waals surface area contributed by atoms with Crippen LogP contribution in [0, 0.1) is 30.4 Å². The van der Waals surface area contributed by atoms with E-state index in [9.17, 15) is 5.26 Å². The Morgan fingerprint density at radius 2 is 1.16 bits per heavy atom. The third kappa shape index (κ3) is 9.46. The van der Waals surface area contributed by atoms with Crippen molar-refractivity contribution in [3.63, 3.8) is 0 Å². The van der Waals surface area contributed by atoms with Crippen LogP contribution in [0.15, 0.2) is 114 Å². The predicted molar refractivity (Wildman–Crippen MR) is 282 cm³/mol. The Morgan fingerprint density at radius 3 is 1.68 bits per heavy atom. The van der Waals surface area contributed by atoms with Gasteiger partial charge in [-0.1, -0.05) is 157 Å². The maximum atomic E-state index is 10.6. The molecule has 9 rings (SSSR count). The van der Waals surface area contributed by atoms with Crippen LogP contribution >= 0.6 is 0 Å². The van der Waals surface area contributed by atoms with Gasteiger partial charge in [0.15, 0.2) is 0 Å². The molecule has 6 heteroatoms. The first-order valence-corrected chi connectivity index (χ1v) is 23.6. The van der Waals surface area contributed by atoms with Crippen molar-refractivity contribution in [3.8, 4) is 34.3 Å². The summed E-state index contributed by atoms with van der Waals surface area (Å²) in [5, 5.41) is 15.0. The molecular formula is C62H66IrN4O-2. The number of nitriles is 1. The molecule has 1 radical (unpaired) electrons. The van der Waals surface area contributed by atoms with Crippen LogP contribution in [0.1, 0.15) is 143 Å². The number of hydrogen-bond acceptors (Lipinski definition) is 4. The van der Waals surface area contributed by atoms with Crippen LogP contribution in [0.5, 0.6) is 0 Å². The quantitative estimate of drug-likeness (QED) is 0.165. The molecule has 0 unspecified atom stereocenters. The third-order valence-corrected chi connectivity index (χ3v) is 13.1. The second-order valence-electron chi connectivity index (χ2n) is 23.5. The van der Waals surface area contributed by atoms with Crippen molar-refractivity contribution in [2.24, 2.45) is 0 Å². The van der Waals surface area contributed by atoms with Crippen LogP contribution in [-0.2, 0) is 47.2 Å². The molecule has 0 spiro atoms. The van der Waals surface area contributed by atoms with Gasteiger partial charge in [0, 0.05) is 48.7 Å². The van der Waals surface area contributed by atoms with Gasteiger partial charge in [0.2, 0.25) is 0 Å². The van der Waals surface area contributed by atoms with E-state index in [2.05, 4.69) is 204 Å². The first-order chi connectivity index (χ1) is 31.3. The monoisotopic (exact) mass is 1080 g/mol. The molecule has 0 fully saturated rings. The zero-order valence-corrected chi connectivity index (χ0v) is 45.3. The molecule has 0 aliphatic heterocycles. The van der Waals surface area contributed by atoms with E-state index in [-0.39, 0.29) is 47.2 Å². The molecule has 0 aliphatic rings. The third-order valence-electron chi connectivity index (χ3n) is 13.1.